The second kappa shape index (κ2) is 7.93. The number of halogens is 3. The van der Waals surface area contributed by atoms with Gasteiger partial charge in [-0.25, -0.2) is 9.18 Å². The molecule has 0 heterocycles. The molecular formula is C18H18Cl2FNO3. The molecule has 4 nitrogen and oxygen atoms in total. The van der Waals surface area contributed by atoms with Crippen molar-refractivity contribution in [3.63, 3.8) is 0 Å². The lowest BCUT2D eigenvalue weighted by Gasteiger charge is -2.19. The predicted octanol–water partition coefficient (Wildman–Crippen LogP) is 6.06. The van der Waals surface area contributed by atoms with E-state index in [4.69, 9.17) is 32.7 Å². The molecule has 25 heavy (non-hydrogen) atoms. The Labute approximate surface area is 155 Å². The first kappa shape index (κ1) is 19.3. The number of benzene rings is 2. The molecule has 0 saturated heterocycles. The molecule has 1 N–H and O–H groups in total. The molecule has 0 aliphatic heterocycles. The van der Waals surface area contributed by atoms with Gasteiger partial charge in [0.15, 0.2) is 11.6 Å². The first-order valence-electron chi connectivity index (χ1n) is 7.51. The van der Waals surface area contributed by atoms with Crippen molar-refractivity contribution in [3.05, 3.63) is 57.8 Å². The molecule has 0 saturated carbocycles. The highest BCUT2D eigenvalue weighted by atomic mass is 35.5. The minimum Gasteiger partial charge on any atom is -0.486 e. The first-order valence-corrected chi connectivity index (χ1v) is 8.26. The quantitative estimate of drug-likeness (QED) is 0.695. The molecule has 2 aromatic rings. The van der Waals surface area contributed by atoms with Crippen molar-refractivity contribution in [1.82, 2.24) is 0 Å². The van der Waals surface area contributed by atoms with Crippen molar-refractivity contribution in [1.29, 1.82) is 0 Å². The Morgan fingerprint density at radius 2 is 1.80 bits per heavy atom. The molecule has 0 fully saturated rings. The Balaban J connectivity index is 2.03. The van der Waals surface area contributed by atoms with Gasteiger partial charge in [-0.15, -0.1) is 0 Å². The van der Waals surface area contributed by atoms with E-state index in [2.05, 4.69) is 5.32 Å². The summed E-state index contributed by atoms with van der Waals surface area (Å²) in [6.07, 6.45) is -0.664. The van der Waals surface area contributed by atoms with E-state index in [1.165, 1.54) is 12.1 Å². The fraction of sp³-hybridized carbons (Fsp3) is 0.278. The molecule has 0 bridgehead atoms. The Hall–Kier alpha value is -1.98. The van der Waals surface area contributed by atoms with E-state index in [-0.39, 0.29) is 18.0 Å². The van der Waals surface area contributed by atoms with E-state index in [9.17, 15) is 9.18 Å². The van der Waals surface area contributed by atoms with Crippen LogP contribution in [0.25, 0.3) is 0 Å². The Morgan fingerprint density at radius 3 is 2.36 bits per heavy atom. The lowest BCUT2D eigenvalue weighted by molar-refractivity contribution is 0.0636. The number of nitrogens with one attached hydrogen (secondary N) is 1. The van der Waals surface area contributed by atoms with Crippen LogP contribution < -0.4 is 10.1 Å². The van der Waals surface area contributed by atoms with E-state index in [0.717, 1.165) is 6.07 Å². The molecule has 134 valence electrons. The predicted molar refractivity (Wildman–Crippen MR) is 97.1 cm³/mol. The van der Waals surface area contributed by atoms with Gasteiger partial charge < -0.3 is 9.47 Å². The lowest BCUT2D eigenvalue weighted by atomic mass is 10.2. The number of carbonyl (C=O) groups excluding carboxylic acids is 1. The van der Waals surface area contributed by atoms with E-state index in [0.29, 0.717) is 15.6 Å². The Morgan fingerprint density at radius 1 is 1.16 bits per heavy atom. The summed E-state index contributed by atoms with van der Waals surface area (Å²) in [4.78, 5) is 11.7. The maximum absolute atomic E-state index is 14.2. The van der Waals surface area contributed by atoms with Crippen LogP contribution in [0.5, 0.6) is 5.75 Å². The van der Waals surface area contributed by atoms with E-state index >= 15 is 0 Å². The van der Waals surface area contributed by atoms with Crippen LogP contribution in [0.15, 0.2) is 36.4 Å². The molecule has 0 aliphatic carbocycles. The van der Waals surface area contributed by atoms with Crippen molar-refractivity contribution in [2.24, 2.45) is 0 Å². The van der Waals surface area contributed by atoms with Gasteiger partial charge in [-0.2, -0.15) is 0 Å². The third-order valence-electron chi connectivity index (χ3n) is 3.01. The minimum atomic E-state index is -0.664. The normalized spacial score (nSPS) is 11.1. The monoisotopic (exact) mass is 385 g/mol. The van der Waals surface area contributed by atoms with Gasteiger partial charge in [0.1, 0.15) is 12.2 Å². The van der Waals surface area contributed by atoms with E-state index in [1.54, 1.807) is 39.0 Å². The highest BCUT2D eigenvalue weighted by molar-refractivity contribution is 6.35. The van der Waals surface area contributed by atoms with Gasteiger partial charge in [-0.1, -0.05) is 29.3 Å². The Bertz CT molecular complexity index is 755. The van der Waals surface area contributed by atoms with Gasteiger partial charge in [-0.3, -0.25) is 5.32 Å². The van der Waals surface area contributed by atoms with Gasteiger partial charge in [0.25, 0.3) is 0 Å². The third-order valence-corrected chi connectivity index (χ3v) is 3.72. The maximum atomic E-state index is 14.2. The maximum Gasteiger partial charge on any atom is 0.412 e. The molecule has 0 aliphatic rings. The summed E-state index contributed by atoms with van der Waals surface area (Å²) < 4.78 is 24.7. The van der Waals surface area contributed by atoms with Crippen LogP contribution in [0.4, 0.5) is 14.9 Å². The SMILES string of the molecule is CC(C)(C)OC(=O)Nc1ccc(OCc2c(Cl)cccc2Cl)c(F)c1. The molecule has 0 radical (unpaired) electrons. The zero-order valence-electron chi connectivity index (χ0n) is 14.0. The summed E-state index contributed by atoms with van der Waals surface area (Å²) in [5.74, 6) is -0.609. The van der Waals surface area contributed by atoms with Crippen LogP contribution in [0.1, 0.15) is 26.3 Å². The van der Waals surface area contributed by atoms with E-state index in [1.807, 2.05) is 0 Å². The number of ether oxygens (including phenoxy) is 2. The van der Waals surface area contributed by atoms with Crippen LogP contribution in [0, 0.1) is 5.82 Å². The van der Waals surface area contributed by atoms with Gasteiger partial charge in [-0.05, 0) is 45.0 Å². The number of hydrogen-bond donors (Lipinski definition) is 1. The van der Waals surface area contributed by atoms with Gasteiger partial charge in [0.2, 0.25) is 0 Å². The summed E-state index contributed by atoms with van der Waals surface area (Å²) >= 11 is 12.1. The van der Waals surface area contributed by atoms with Crippen LogP contribution >= 0.6 is 23.2 Å². The number of amides is 1. The molecule has 0 unspecified atom stereocenters. The number of carbonyl (C=O) groups is 1. The second-order valence-electron chi connectivity index (χ2n) is 6.26. The van der Waals surface area contributed by atoms with Crippen molar-refractivity contribution >= 4 is 35.0 Å². The lowest BCUT2D eigenvalue weighted by Crippen LogP contribution is -2.27. The van der Waals surface area contributed by atoms with Crippen molar-refractivity contribution in [2.45, 2.75) is 33.0 Å². The molecule has 2 aromatic carbocycles. The van der Waals surface area contributed by atoms with Crippen LogP contribution in [0.2, 0.25) is 10.0 Å². The molecule has 0 spiro atoms. The summed E-state index contributed by atoms with van der Waals surface area (Å²) in [6.45, 7) is 5.24. The molecule has 7 heteroatoms. The Kier molecular flexibility index (Phi) is 6.14. The molecule has 0 atom stereocenters. The molecule has 0 aromatic heterocycles. The average Bonchev–Trinajstić information content (AvgIpc) is 2.46. The second-order valence-corrected chi connectivity index (χ2v) is 7.08. The van der Waals surface area contributed by atoms with Crippen molar-refractivity contribution in [3.8, 4) is 5.75 Å². The summed E-state index contributed by atoms with van der Waals surface area (Å²) in [7, 11) is 0. The van der Waals surface area contributed by atoms with Gasteiger partial charge >= 0.3 is 6.09 Å². The van der Waals surface area contributed by atoms with Crippen molar-refractivity contribution in [2.75, 3.05) is 5.32 Å². The minimum absolute atomic E-state index is 0.0192. The fourth-order valence-corrected chi connectivity index (χ4v) is 2.44. The summed E-state index contributed by atoms with van der Waals surface area (Å²) in [5.41, 5.74) is 0.191. The molecule has 2 rings (SSSR count). The van der Waals surface area contributed by atoms with Gasteiger partial charge in [0, 0.05) is 27.4 Å². The van der Waals surface area contributed by atoms with Crippen LogP contribution in [-0.4, -0.2) is 11.7 Å². The largest absolute Gasteiger partial charge is 0.486 e. The topological polar surface area (TPSA) is 47.6 Å². The first-order chi connectivity index (χ1) is 11.7. The standard InChI is InChI=1S/C18H18Cl2FNO3/c1-18(2,3)25-17(23)22-11-7-8-16(15(21)9-11)24-10-12-13(19)5-4-6-14(12)20/h4-9H,10H2,1-3H3,(H,22,23). The average molecular weight is 386 g/mol. The molecular weight excluding hydrogens is 368 g/mol. The highest BCUT2D eigenvalue weighted by Crippen LogP contribution is 2.27. The van der Waals surface area contributed by atoms with Crippen molar-refractivity contribution < 1.29 is 18.7 Å². The van der Waals surface area contributed by atoms with Crippen LogP contribution in [0.3, 0.4) is 0 Å². The van der Waals surface area contributed by atoms with Gasteiger partial charge in [0.05, 0.1) is 0 Å². The number of hydrogen-bond acceptors (Lipinski definition) is 3. The zero-order chi connectivity index (χ0) is 18.6. The smallest absolute Gasteiger partial charge is 0.412 e. The third kappa shape index (κ3) is 5.80. The number of rotatable bonds is 4. The highest BCUT2D eigenvalue weighted by Gasteiger charge is 2.17. The number of anilines is 1. The molecule has 1 amide bonds. The summed E-state index contributed by atoms with van der Waals surface area (Å²) in [5, 5.41) is 3.34. The zero-order valence-corrected chi connectivity index (χ0v) is 15.5. The summed E-state index contributed by atoms with van der Waals surface area (Å²) in [6, 6.07) is 9.13. The van der Waals surface area contributed by atoms with Crippen LogP contribution in [-0.2, 0) is 11.3 Å². The van der Waals surface area contributed by atoms with E-state index < -0.39 is 17.5 Å². The fourth-order valence-electron chi connectivity index (χ4n) is 1.94.